The maximum absolute atomic E-state index is 12.2. The van der Waals surface area contributed by atoms with Gasteiger partial charge in [0, 0.05) is 31.9 Å². The fourth-order valence-electron chi connectivity index (χ4n) is 3.21. The third-order valence-electron chi connectivity index (χ3n) is 4.83. The van der Waals surface area contributed by atoms with Gasteiger partial charge in [-0.2, -0.15) is 0 Å². The van der Waals surface area contributed by atoms with Crippen LogP contribution in [0.5, 0.6) is 0 Å². The van der Waals surface area contributed by atoms with Crippen molar-refractivity contribution in [3.63, 3.8) is 0 Å². The van der Waals surface area contributed by atoms with Crippen molar-refractivity contribution in [2.45, 2.75) is 12.8 Å². The Kier molecular flexibility index (Phi) is 5.99. The topological polar surface area (TPSA) is 102 Å². The number of halogens is 1. The van der Waals surface area contributed by atoms with Gasteiger partial charge in [-0.15, -0.1) is 0 Å². The van der Waals surface area contributed by atoms with E-state index in [2.05, 4.69) is 20.6 Å². The molecule has 1 aromatic carbocycles. The maximum atomic E-state index is 12.2. The number of hydrogen-bond acceptors (Lipinski definition) is 5. The normalized spacial score (nSPS) is 10.9. The molecule has 0 aliphatic carbocycles. The fourth-order valence-corrected chi connectivity index (χ4v) is 3.32. The number of carbonyl (C=O) groups excluding carboxylic acids is 2. The second-order valence-electron chi connectivity index (χ2n) is 6.95. The molecule has 0 fully saturated rings. The van der Waals surface area contributed by atoms with Crippen molar-refractivity contribution >= 4 is 40.1 Å². The number of carbonyl (C=O) groups is 2. The van der Waals surface area contributed by atoms with Crippen LogP contribution in [0.3, 0.4) is 0 Å². The molecule has 0 bridgehead atoms. The Morgan fingerprint density at radius 2 is 2.03 bits per heavy atom. The zero-order valence-corrected chi connectivity index (χ0v) is 17.5. The zero-order chi connectivity index (χ0) is 21.8. The molecular weight excluding hydrogens is 418 g/mol. The van der Waals surface area contributed by atoms with Crippen LogP contribution >= 0.6 is 11.6 Å². The van der Waals surface area contributed by atoms with Crippen molar-refractivity contribution in [2.24, 2.45) is 7.05 Å². The lowest BCUT2D eigenvalue weighted by Gasteiger charge is -2.06. The van der Waals surface area contributed by atoms with Gasteiger partial charge in [0.05, 0.1) is 22.9 Å². The summed E-state index contributed by atoms with van der Waals surface area (Å²) >= 11 is 5.74. The van der Waals surface area contributed by atoms with Crippen LogP contribution in [0, 0.1) is 0 Å². The number of anilines is 1. The zero-order valence-electron chi connectivity index (χ0n) is 16.8. The van der Waals surface area contributed by atoms with Gasteiger partial charge in [-0.05, 0) is 48.9 Å². The van der Waals surface area contributed by atoms with Crippen LogP contribution in [0.25, 0.3) is 11.0 Å². The largest absolute Gasteiger partial charge is 0.459 e. The molecule has 0 unspecified atom stereocenters. The van der Waals surface area contributed by atoms with Crippen LogP contribution in [0.4, 0.5) is 5.69 Å². The lowest BCUT2D eigenvalue weighted by atomic mass is 10.2. The first-order valence-corrected chi connectivity index (χ1v) is 10.1. The summed E-state index contributed by atoms with van der Waals surface area (Å²) in [6, 6.07) is 12.1. The van der Waals surface area contributed by atoms with Crippen molar-refractivity contribution in [1.29, 1.82) is 0 Å². The molecule has 4 rings (SSSR count). The van der Waals surface area contributed by atoms with Gasteiger partial charge >= 0.3 is 0 Å². The Bertz CT molecular complexity index is 1220. The van der Waals surface area contributed by atoms with Gasteiger partial charge in [-0.25, -0.2) is 9.97 Å². The van der Waals surface area contributed by atoms with Gasteiger partial charge in [-0.3, -0.25) is 9.59 Å². The molecule has 0 atom stereocenters. The van der Waals surface area contributed by atoms with E-state index in [0.717, 1.165) is 23.3 Å². The van der Waals surface area contributed by atoms with Gasteiger partial charge in [0.1, 0.15) is 11.0 Å². The van der Waals surface area contributed by atoms with E-state index in [4.69, 9.17) is 16.0 Å². The van der Waals surface area contributed by atoms with Crippen molar-refractivity contribution in [1.82, 2.24) is 19.9 Å². The summed E-state index contributed by atoms with van der Waals surface area (Å²) in [4.78, 5) is 32.9. The third-order valence-corrected chi connectivity index (χ3v) is 5.05. The van der Waals surface area contributed by atoms with Gasteiger partial charge in [-0.1, -0.05) is 11.6 Å². The number of pyridine rings is 1. The summed E-state index contributed by atoms with van der Waals surface area (Å²) in [5, 5.41) is 6.03. The number of furan rings is 1. The van der Waals surface area contributed by atoms with Crippen LogP contribution < -0.4 is 10.6 Å². The molecular formula is C22H20ClN5O3. The second kappa shape index (κ2) is 9.01. The summed E-state index contributed by atoms with van der Waals surface area (Å²) in [6.45, 7) is 0.509. The monoisotopic (exact) mass is 437 g/mol. The summed E-state index contributed by atoms with van der Waals surface area (Å²) in [5.74, 6) is 0.642. The number of fused-ring (bicyclic) bond motifs is 1. The van der Waals surface area contributed by atoms with Crippen molar-refractivity contribution in [3.8, 4) is 0 Å². The Balaban J connectivity index is 1.35. The maximum Gasteiger partial charge on any atom is 0.291 e. The minimum absolute atomic E-state index is 0.189. The molecule has 0 saturated carbocycles. The average Bonchev–Trinajstić information content (AvgIpc) is 3.40. The first-order valence-electron chi connectivity index (χ1n) is 9.71. The van der Waals surface area contributed by atoms with Gasteiger partial charge in [0.25, 0.3) is 11.8 Å². The highest BCUT2D eigenvalue weighted by Crippen LogP contribution is 2.21. The Hall–Kier alpha value is -3.65. The van der Waals surface area contributed by atoms with E-state index in [9.17, 15) is 9.59 Å². The standard InChI is InChI=1S/C22H20ClN5O3/c1-28-17-8-7-15(26-22(30)18-4-3-11-31-18)12-16(17)27-20(28)5-2-10-24-21(29)14-6-9-19(23)25-13-14/h3-4,6-9,11-13H,2,5,10H2,1H3,(H,24,29)(H,26,30). The molecule has 0 spiro atoms. The smallest absolute Gasteiger partial charge is 0.291 e. The van der Waals surface area contributed by atoms with Crippen LogP contribution in [0.1, 0.15) is 33.2 Å². The lowest BCUT2D eigenvalue weighted by Crippen LogP contribution is -2.25. The number of rotatable bonds is 7. The molecule has 0 aliphatic heterocycles. The van der Waals surface area contributed by atoms with Gasteiger partial charge in [0.15, 0.2) is 5.76 Å². The molecule has 3 aromatic heterocycles. The summed E-state index contributed by atoms with van der Waals surface area (Å²) in [6.07, 6.45) is 4.33. The first-order chi connectivity index (χ1) is 15.0. The predicted molar refractivity (Wildman–Crippen MR) is 117 cm³/mol. The Labute approximate surface area is 183 Å². The van der Waals surface area contributed by atoms with Crippen LogP contribution in [0.2, 0.25) is 5.15 Å². The molecule has 8 nitrogen and oxygen atoms in total. The molecule has 0 saturated heterocycles. The molecule has 0 radical (unpaired) electrons. The van der Waals surface area contributed by atoms with E-state index in [0.29, 0.717) is 29.4 Å². The van der Waals surface area contributed by atoms with Crippen LogP contribution in [0.15, 0.2) is 59.3 Å². The molecule has 2 amide bonds. The highest BCUT2D eigenvalue weighted by Gasteiger charge is 2.12. The summed E-state index contributed by atoms with van der Waals surface area (Å²) in [7, 11) is 1.95. The van der Waals surface area contributed by atoms with E-state index in [1.54, 1.807) is 24.3 Å². The summed E-state index contributed by atoms with van der Waals surface area (Å²) < 4.78 is 7.12. The first kappa shape index (κ1) is 20.6. The Morgan fingerprint density at radius 1 is 1.16 bits per heavy atom. The second-order valence-corrected chi connectivity index (χ2v) is 7.34. The minimum Gasteiger partial charge on any atom is -0.459 e. The van der Waals surface area contributed by atoms with E-state index in [1.807, 2.05) is 29.8 Å². The fraction of sp³-hybridized carbons (Fsp3) is 0.182. The van der Waals surface area contributed by atoms with Gasteiger partial charge in [0.2, 0.25) is 0 Å². The van der Waals surface area contributed by atoms with E-state index < -0.39 is 0 Å². The average molecular weight is 438 g/mol. The molecule has 158 valence electrons. The van der Waals surface area contributed by atoms with Gasteiger partial charge < -0.3 is 19.6 Å². The van der Waals surface area contributed by atoms with E-state index in [-0.39, 0.29) is 17.6 Å². The Morgan fingerprint density at radius 3 is 2.77 bits per heavy atom. The number of benzene rings is 1. The molecule has 4 aromatic rings. The molecule has 9 heteroatoms. The predicted octanol–water partition coefficient (Wildman–Crippen LogP) is 3.83. The number of amides is 2. The minimum atomic E-state index is -0.313. The van der Waals surface area contributed by atoms with Crippen molar-refractivity contribution in [3.05, 3.63) is 77.2 Å². The number of nitrogens with zero attached hydrogens (tertiary/aromatic N) is 3. The van der Waals surface area contributed by atoms with E-state index in [1.165, 1.54) is 12.5 Å². The quantitative estimate of drug-likeness (QED) is 0.338. The number of aromatic nitrogens is 3. The van der Waals surface area contributed by atoms with E-state index >= 15 is 0 Å². The molecule has 3 heterocycles. The molecule has 2 N–H and O–H groups in total. The van der Waals surface area contributed by atoms with Crippen molar-refractivity contribution < 1.29 is 14.0 Å². The van der Waals surface area contributed by atoms with Crippen LogP contribution in [-0.2, 0) is 13.5 Å². The van der Waals surface area contributed by atoms with Crippen molar-refractivity contribution in [2.75, 3.05) is 11.9 Å². The number of aryl methyl sites for hydroxylation is 2. The number of nitrogens with one attached hydrogen (secondary N) is 2. The third kappa shape index (κ3) is 4.75. The SMILES string of the molecule is Cn1c(CCCNC(=O)c2ccc(Cl)nc2)nc2cc(NC(=O)c3ccco3)ccc21. The van der Waals surface area contributed by atoms with Crippen LogP contribution in [-0.4, -0.2) is 32.9 Å². The molecule has 31 heavy (non-hydrogen) atoms. The highest BCUT2D eigenvalue weighted by atomic mass is 35.5. The lowest BCUT2D eigenvalue weighted by molar-refractivity contribution is 0.0951. The number of imidazole rings is 1. The highest BCUT2D eigenvalue weighted by molar-refractivity contribution is 6.29. The molecule has 0 aliphatic rings. The number of hydrogen-bond donors (Lipinski definition) is 2. The summed E-state index contributed by atoms with van der Waals surface area (Å²) in [5.41, 5.74) is 2.85.